The molecule has 224 valence electrons. The smallest absolute Gasteiger partial charge is 0.309 e. The molecule has 4 rings (SSSR count). The average Bonchev–Trinajstić information content (AvgIpc) is 3.42. The summed E-state index contributed by atoms with van der Waals surface area (Å²) >= 11 is 0. The summed E-state index contributed by atoms with van der Waals surface area (Å²) in [6.07, 6.45) is 2.10. The van der Waals surface area contributed by atoms with Crippen LogP contribution in [0.15, 0.2) is 36.4 Å². The van der Waals surface area contributed by atoms with Gasteiger partial charge in [0, 0.05) is 35.7 Å². The van der Waals surface area contributed by atoms with Crippen LogP contribution >= 0.6 is 0 Å². The summed E-state index contributed by atoms with van der Waals surface area (Å²) in [6, 6.07) is 7.13. The number of rotatable bonds is 11. The average molecular weight is 583 g/mol. The van der Waals surface area contributed by atoms with Gasteiger partial charge < -0.3 is 38.3 Å². The fourth-order valence-corrected chi connectivity index (χ4v) is 4.89. The number of aliphatic hydroxyl groups excluding tert-OH is 1. The normalized spacial score (nSPS) is 16.5. The second-order valence-corrected chi connectivity index (χ2v) is 9.16. The summed E-state index contributed by atoms with van der Waals surface area (Å²) in [6.45, 7) is 0. The third-order valence-corrected chi connectivity index (χ3v) is 6.74. The molecule has 2 aromatic carbocycles. The van der Waals surface area contributed by atoms with E-state index in [0.717, 1.165) is 0 Å². The van der Waals surface area contributed by atoms with Crippen LogP contribution in [0.25, 0.3) is 11.1 Å². The van der Waals surface area contributed by atoms with E-state index in [9.17, 15) is 9.90 Å². The Morgan fingerprint density at radius 1 is 0.881 bits per heavy atom. The van der Waals surface area contributed by atoms with Gasteiger partial charge in [0.05, 0.1) is 55.2 Å². The van der Waals surface area contributed by atoms with Crippen molar-refractivity contribution in [1.29, 1.82) is 0 Å². The zero-order chi connectivity index (χ0) is 30.4. The molecule has 1 aromatic heterocycles. The molecular formula is C29H34N4O9. The molecule has 13 heteroatoms. The van der Waals surface area contributed by atoms with Crippen LogP contribution in [-0.4, -0.2) is 86.1 Å². The lowest BCUT2D eigenvalue weighted by Crippen LogP contribution is -2.31. The van der Waals surface area contributed by atoms with Crippen LogP contribution in [0.2, 0.25) is 0 Å². The van der Waals surface area contributed by atoms with E-state index in [1.165, 1.54) is 47.3 Å². The van der Waals surface area contributed by atoms with Crippen molar-refractivity contribution in [2.45, 2.75) is 25.0 Å². The van der Waals surface area contributed by atoms with E-state index in [0.29, 0.717) is 62.6 Å². The first-order valence-electron chi connectivity index (χ1n) is 12.9. The summed E-state index contributed by atoms with van der Waals surface area (Å²) in [5.41, 5.74) is 2.21. The molecule has 0 spiro atoms. The molecule has 0 unspecified atom stereocenters. The number of esters is 1. The lowest BCUT2D eigenvalue weighted by Gasteiger charge is -2.24. The second-order valence-electron chi connectivity index (χ2n) is 9.16. The number of aromatic nitrogens is 4. The molecule has 1 fully saturated rings. The number of tetrazole rings is 1. The van der Waals surface area contributed by atoms with Gasteiger partial charge in [-0.15, -0.1) is 5.10 Å². The summed E-state index contributed by atoms with van der Waals surface area (Å²) in [5.74, 6) is 2.24. The standard InChI is InChI=1S/C29H34N4O9/c1-33-29(30-31-32-33)20(9-8-17-14-16(34)15-23(35)42-17)24(18-10-12-21(36-2)27(40-6)25(18)38-4)19-11-13-22(37-3)28(41-7)26(19)39-5/h8-13,16-17,34H,14-15H2,1-7H3/t16-,17-/m1/s1. The molecule has 2 atom stereocenters. The Kier molecular flexibility index (Phi) is 9.53. The van der Waals surface area contributed by atoms with Crippen molar-refractivity contribution in [2.24, 2.45) is 7.05 Å². The predicted molar refractivity (Wildman–Crippen MR) is 151 cm³/mol. The van der Waals surface area contributed by atoms with Crippen LogP contribution in [0.4, 0.5) is 0 Å². The van der Waals surface area contributed by atoms with E-state index in [4.69, 9.17) is 33.2 Å². The van der Waals surface area contributed by atoms with Gasteiger partial charge in [0.15, 0.2) is 28.8 Å². The Balaban J connectivity index is 2.14. The summed E-state index contributed by atoms with van der Waals surface area (Å²) < 4.78 is 41.2. The molecule has 13 nitrogen and oxygen atoms in total. The predicted octanol–water partition coefficient (Wildman–Crippen LogP) is 2.84. The van der Waals surface area contributed by atoms with E-state index in [1.54, 1.807) is 31.3 Å². The molecular weight excluding hydrogens is 548 g/mol. The molecule has 0 aliphatic carbocycles. The first-order valence-corrected chi connectivity index (χ1v) is 12.9. The molecule has 2 heterocycles. The Labute approximate surface area is 243 Å². The number of ether oxygens (including phenoxy) is 7. The van der Waals surface area contributed by atoms with E-state index < -0.39 is 18.2 Å². The van der Waals surface area contributed by atoms with Crippen molar-refractivity contribution in [2.75, 3.05) is 42.7 Å². The largest absolute Gasteiger partial charge is 0.493 e. The highest BCUT2D eigenvalue weighted by molar-refractivity contribution is 6.04. The fourth-order valence-electron chi connectivity index (χ4n) is 4.89. The number of benzene rings is 2. The fraction of sp³-hybridized carbons (Fsp3) is 0.379. The third-order valence-electron chi connectivity index (χ3n) is 6.74. The van der Waals surface area contributed by atoms with Gasteiger partial charge in [-0.1, -0.05) is 6.08 Å². The highest BCUT2D eigenvalue weighted by Gasteiger charge is 2.29. The van der Waals surface area contributed by atoms with Gasteiger partial charge in [0.25, 0.3) is 0 Å². The number of carbonyl (C=O) groups is 1. The molecule has 1 aliphatic rings. The van der Waals surface area contributed by atoms with Crippen molar-refractivity contribution < 1.29 is 43.1 Å². The maximum Gasteiger partial charge on any atom is 0.309 e. The highest BCUT2D eigenvalue weighted by Crippen LogP contribution is 2.50. The molecule has 0 bridgehead atoms. The monoisotopic (exact) mass is 582 g/mol. The highest BCUT2D eigenvalue weighted by atomic mass is 16.6. The lowest BCUT2D eigenvalue weighted by molar-refractivity contribution is -0.156. The maximum absolute atomic E-state index is 12.1. The van der Waals surface area contributed by atoms with Crippen molar-refractivity contribution in [3.63, 3.8) is 0 Å². The molecule has 0 saturated carbocycles. The van der Waals surface area contributed by atoms with E-state index in [1.807, 2.05) is 12.1 Å². The number of carbonyl (C=O) groups excluding carboxylic acids is 1. The van der Waals surface area contributed by atoms with Crippen LogP contribution in [0.5, 0.6) is 34.5 Å². The van der Waals surface area contributed by atoms with Crippen molar-refractivity contribution >= 4 is 17.1 Å². The Hall–Kier alpha value is -4.78. The van der Waals surface area contributed by atoms with Gasteiger partial charge in [-0.05, 0) is 40.8 Å². The number of methoxy groups -OCH3 is 6. The van der Waals surface area contributed by atoms with Crippen molar-refractivity contribution in [1.82, 2.24) is 20.2 Å². The molecule has 0 radical (unpaired) electrons. The Morgan fingerprint density at radius 3 is 1.86 bits per heavy atom. The van der Waals surface area contributed by atoms with Crippen molar-refractivity contribution in [3.05, 3.63) is 53.4 Å². The van der Waals surface area contributed by atoms with Crippen molar-refractivity contribution in [3.8, 4) is 34.5 Å². The first kappa shape index (κ1) is 30.2. The first-order chi connectivity index (χ1) is 20.3. The topological polar surface area (TPSA) is 146 Å². The quantitative estimate of drug-likeness (QED) is 0.262. The number of aryl methyl sites for hydroxylation is 1. The molecule has 1 aliphatic heterocycles. The minimum absolute atomic E-state index is 0.0584. The van der Waals surface area contributed by atoms with E-state index in [2.05, 4.69) is 15.5 Å². The molecule has 1 N–H and O–H groups in total. The SMILES string of the molecule is COc1ccc(C(=C(C=C[C@@H]2C[C@@H](O)CC(=O)O2)c2nnnn2C)c2ccc(OC)c(OC)c2OC)c(OC)c1OC. The van der Waals surface area contributed by atoms with Gasteiger partial charge in [0.2, 0.25) is 11.5 Å². The van der Waals surface area contributed by atoms with Crippen LogP contribution < -0.4 is 28.4 Å². The van der Waals surface area contributed by atoms with E-state index in [-0.39, 0.29) is 12.8 Å². The van der Waals surface area contributed by atoms with Gasteiger partial charge in [-0.25, -0.2) is 4.68 Å². The summed E-state index contributed by atoms with van der Waals surface area (Å²) in [4.78, 5) is 12.1. The number of cyclic esters (lactones) is 1. The Bertz CT molecular complexity index is 1430. The van der Waals surface area contributed by atoms with Crippen LogP contribution in [-0.2, 0) is 16.6 Å². The number of aliphatic hydroxyl groups is 1. The number of hydrogen-bond donors (Lipinski definition) is 1. The number of allylic oxidation sites excluding steroid dienone is 2. The second kappa shape index (κ2) is 13.3. The summed E-state index contributed by atoms with van der Waals surface area (Å²) in [7, 11) is 10.8. The molecule has 1 saturated heterocycles. The number of hydrogen-bond acceptors (Lipinski definition) is 12. The van der Waals surface area contributed by atoms with Crippen LogP contribution in [0.1, 0.15) is 29.8 Å². The zero-order valence-corrected chi connectivity index (χ0v) is 24.5. The van der Waals surface area contributed by atoms with Gasteiger partial charge >= 0.3 is 5.97 Å². The molecule has 42 heavy (non-hydrogen) atoms. The van der Waals surface area contributed by atoms with Crippen LogP contribution in [0.3, 0.4) is 0 Å². The van der Waals surface area contributed by atoms with Gasteiger partial charge in [-0.3, -0.25) is 4.79 Å². The van der Waals surface area contributed by atoms with Gasteiger partial charge in [0.1, 0.15) is 6.10 Å². The third kappa shape index (κ3) is 5.81. The minimum Gasteiger partial charge on any atom is -0.493 e. The van der Waals surface area contributed by atoms with Gasteiger partial charge in [-0.2, -0.15) is 0 Å². The lowest BCUT2D eigenvalue weighted by atomic mass is 9.89. The van der Waals surface area contributed by atoms with Crippen LogP contribution in [0, 0.1) is 0 Å². The Morgan fingerprint density at radius 2 is 1.43 bits per heavy atom. The molecule has 3 aromatic rings. The molecule has 0 amide bonds. The zero-order valence-electron chi connectivity index (χ0n) is 24.5. The number of nitrogens with zero attached hydrogens (tertiary/aromatic N) is 4. The summed E-state index contributed by atoms with van der Waals surface area (Å²) in [5, 5.41) is 22.4. The van der Waals surface area contributed by atoms with E-state index >= 15 is 0 Å². The maximum atomic E-state index is 12.1. The minimum atomic E-state index is -0.818.